The third-order valence-corrected chi connectivity index (χ3v) is 6.95. The van der Waals surface area contributed by atoms with Crippen molar-refractivity contribution in [3.8, 4) is 5.75 Å². The number of para-hydroxylation sites is 1. The minimum atomic E-state index is -4.51. The maximum Gasteiger partial charge on any atom is 0.422 e. The van der Waals surface area contributed by atoms with E-state index in [-0.39, 0.29) is 35.5 Å². The van der Waals surface area contributed by atoms with Gasteiger partial charge in [-0.15, -0.1) is 0 Å². The van der Waals surface area contributed by atoms with Crippen molar-refractivity contribution in [2.24, 2.45) is 0 Å². The van der Waals surface area contributed by atoms with Crippen molar-refractivity contribution in [1.29, 1.82) is 0 Å². The van der Waals surface area contributed by atoms with Crippen molar-refractivity contribution in [3.63, 3.8) is 0 Å². The number of carbonyl (C=O) groups excluding carboxylic acids is 3. The van der Waals surface area contributed by atoms with E-state index in [0.717, 1.165) is 0 Å². The Morgan fingerprint density at radius 1 is 1.11 bits per heavy atom. The van der Waals surface area contributed by atoms with Gasteiger partial charge in [-0.05, 0) is 49.6 Å². The number of rotatable bonds is 4. The van der Waals surface area contributed by atoms with Crippen molar-refractivity contribution in [2.45, 2.75) is 44.6 Å². The SMILES string of the molecule is COC(=O)[C@@H]1CCCN1C(=O)N1Cc2ccccc2N(C(=O)c2ccc(OCC(F)(F)F)cc2Cl)C[C@H]1C. The summed E-state index contributed by atoms with van der Waals surface area (Å²) in [5, 5.41) is -0.0602. The number of methoxy groups -OCH3 is 1. The van der Waals surface area contributed by atoms with Crippen molar-refractivity contribution in [2.75, 3.05) is 31.7 Å². The lowest BCUT2D eigenvalue weighted by molar-refractivity contribution is -0.153. The summed E-state index contributed by atoms with van der Waals surface area (Å²) in [5.74, 6) is -1.05. The molecule has 1 saturated heterocycles. The third kappa shape index (κ3) is 5.82. The molecule has 0 bridgehead atoms. The number of hydrogen-bond acceptors (Lipinski definition) is 5. The number of alkyl halides is 3. The van der Waals surface area contributed by atoms with E-state index < -0.39 is 36.7 Å². The average Bonchev–Trinajstić information content (AvgIpc) is 3.32. The van der Waals surface area contributed by atoms with E-state index in [1.54, 1.807) is 23.1 Å². The highest BCUT2D eigenvalue weighted by molar-refractivity contribution is 6.34. The molecule has 4 rings (SSSR count). The highest BCUT2D eigenvalue weighted by atomic mass is 35.5. The van der Waals surface area contributed by atoms with Crippen molar-refractivity contribution in [1.82, 2.24) is 9.80 Å². The van der Waals surface area contributed by atoms with Crippen LogP contribution in [0.5, 0.6) is 5.75 Å². The second-order valence-corrected chi connectivity index (χ2v) is 9.63. The van der Waals surface area contributed by atoms with Crippen LogP contribution < -0.4 is 9.64 Å². The number of fused-ring (bicyclic) bond motifs is 1. The number of anilines is 1. The van der Waals surface area contributed by atoms with Gasteiger partial charge in [0.05, 0.1) is 17.7 Å². The molecule has 2 aromatic carbocycles. The topological polar surface area (TPSA) is 79.4 Å². The maximum atomic E-state index is 13.7. The fourth-order valence-electron chi connectivity index (χ4n) is 4.77. The zero-order valence-electron chi connectivity index (χ0n) is 20.8. The molecule has 2 heterocycles. The number of nitrogens with zero attached hydrogens (tertiary/aromatic N) is 3. The first-order valence-corrected chi connectivity index (χ1v) is 12.4. The summed E-state index contributed by atoms with van der Waals surface area (Å²) >= 11 is 6.30. The first kappa shape index (κ1) is 27.6. The molecule has 3 amide bonds. The fourth-order valence-corrected chi connectivity index (χ4v) is 5.02. The molecule has 2 aliphatic heterocycles. The summed E-state index contributed by atoms with van der Waals surface area (Å²) < 4.78 is 47.1. The Kier molecular flexibility index (Phi) is 8.05. The molecule has 12 heteroatoms. The molecule has 0 aromatic heterocycles. The predicted molar refractivity (Wildman–Crippen MR) is 133 cm³/mol. The summed E-state index contributed by atoms with van der Waals surface area (Å²) in [6.45, 7) is 1.09. The number of likely N-dealkylation sites (tertiary alicyclic amines) is 1. The molecular formula is C26H27ClF3N3O5. The van der Waals surface area contributed by atoms with Crippen molar-refractivity contribution < 1.29 is 37.0 Å². The first-order valence-electron chi connectivity index (χ1n) is 12.0. The van der Waals surface area contributed by atoms with Gasteiger partial charge in [-0.2, -0.15) is 13.2 Å². The summed E-state index contributed by atoms with van der Waals surface area (Å²) in [6.07, 6.45) is -3.32. The molecule has 0 N–H and O–H groups in total. The van der Waals surface area contributed by atoms with Crippen molar-refractivity contribution in [3.05, 3.63) is 58.6 Å². The van der Waals surface area contributed by atoms with Gasteiger partial charge < -0.3 is 24.2 Å². The molecular weight excluding hydrogens is 527 g/mol. The molecule has 0 aliphatic carbocycles. The van der Waals surface area contributed by atoms with Crippen LogP contribution in [0.4, 0.5) is 23.7 Å². The molecule has 2 aliphatic rings. The normalized spacial score (nSPS) is 19.6. The van der Waals surface area contributed by atoms with Gasteiger partial charge in [-0.25, -0.2) is 9.59 Å². The van der Waals surface area contributed by atoms with Gasteiger partial charge in [0, 0.05) is 31.4 Å². The lowest BCUT2D eigenvalue weighted by Gasteiger charge is -2.34. The van der Waals surface area contributed by atoms with E-state index in [1.165, 1.54) is 35.1 Å². The Hall–Kier alpha value is -3.47. The van der Waals surface area contributed by atoms with Gasteiger partial charge in [0.25, 0.3) is 5.91 Å². The van der Waals surface area contributed by atoms with Crippen LogP contribution in [0, 0.1) is 0 Å². The minimum absolute atomic E-state index is 0.0602. The first-order chi connectivity index (χ1) is 18.0. The minimum Gasteiger partial charge on any atom is -0.484 e. The quantitative estimate of drug-likeness (QED) is 0.504. The average molecular weight is 554 g/mol. The molecule has 2 aromatic rings. The maximum absolute atomic E-state index is 13.7. The summed E-state index contributed by atoms with van der Waals surface area (Å²) in [6, 6.07) is 9.47. The van der Waals surface area contributed by atoms with Crippen LogP contribution >= 0.6 is 11.6 Å². The molecule has 0 spiro atoms. The molecule has 0 saturated carbocycles. The predicted octanol–water partition coefficient (Wildman–Crippen LogP) is 4.89. The van der Waals surface area contributed by atoms with Crippen LogP contribution in [0.25, 0.3) is 0 Å². The van der Waals surface area contributed by atoms with E-state index in [2.05, 4.69) is 0 Å². The van der Waals surface area contributed by atoms with Crippen LogP contribution in [0.3, 0.4) is 0 Å². The molecule has 2 atom stereocenters. The van der Waals surface area contributed by atoms with E-state index in [0.29, 0.717) is 30.6 Å². The zero-order valence-corrected chi connectivity index (χ0v) is 21.6. The van der Waals surface area contributed by atoms with Gasteiger partial charge in [-0.1, -0.05) is 29.8 Å². The molecule has 38 heavy (non-hydrogen) atoms. The Balaban J connectivity index is 1.60. The van der Waals surface area contributed by atoms with Gasteiger partial charge in [0.2, 0.25) is 0 Å². The zero-order chi connectivity index (χ0) is 27.6. The van der Waals surface area contributed by atoms with Gasteiger partial charge in [-0.3, -0.25) is 4.79 Å². The number of hydrogen-bond donors (Lipinski definition) is 0. The Labute approximate surface area is 222 Å². The third-order valence-electron chi connectivity index (χ3n) is 6.64. The van der Waals surface area contributed by atoms with Crippen LogP contribution in [0.2, 0.25) is 5.02 Å². The Bertz CT molecular complexity index is 1220. The number of esters is 1. The number of carbonyl (C=O) groups is 3. The van der Waals surface area contributed by atoms with Gasteiger partial charge in [0.1, 0.15) is 11.8 Å². The standard InChI is InChI=1S/C26H27ClF3N3O5/c1-16-13-33(23(34)19-10-9-18(12-20(19)27)38-15-26(28,29)30)21-7-4-3-6-17(21)14-32(16)25(36)31-11-5-8-22(31)24(35)37-2/h3-4,6-7,9-10,12,16,22H,5,8,11,13-15H2,1-2H3/t16-,22+/m1/s1. The van der Waals surface area contributed by atoms with Crippen LogP contribution in [-0.4, -0.2) is 72.8 Å². The number of urea groups is 1. The molecule has 8 nitrogen and oxygen atoms in total. The summed E-state index contributed by atoms with van der Waals surface area (Å²) in [5.41, 5.74) is 1.38. The molecule has 204 valence electrons. The summed E-state index contributed by atoms with van der Waals surface area (Å²) in [7, 11) is 1.29. The van der Waals surface area contributed by atoms with Gasteiger partial charge >= 0.3 is 18.2 Å². The highest BCUT2D eigenvalue weighted by Crippen LogP contribution is 2.33. The second kappa shape index (κ2) is 11.1. The Morgan fingerprint density at radius 2 is 1.84 bits per heavy atom. The molecule has 0 unspecified atom stereocenters. The number of ether oxygens (including phenoxy) is 2. The Morgan fingerprint density at radius 3 is 2.53 bits per heavy atom. The molecule has 1 fully saturated rings. The van der Waals surface area contributed by atoms with E-state index in [1.807, 2.05) is 13.0 Å². The molecule has 0 radical (unpaired) electrons. The number of amides is 3. The smallest absolute Gasteiger partial charge is 0.422 e. The lowest BCUT2D eigenvalue weighted by atomic mass is 10.1. The number of halogens is 4. The van der Waals surface area contributed by atoms with E-state index in [4.69, 9.17) is 21.1 Å². The van der Waals surface area contributed by atoms with E-state index >= 15 is 0 Å². The largest absolute Gasteiger partial charge is 0.484 e. The van der Waals surface area contributed by atoms with Gasteiger partial charge in [0.15, 0.2) is 6.61 Å². The second-order valence-electron chi connectivity index (χ2n) is 9.22. The number of benzene rings is 2. The van der Waals surface area contributed by atoms with Crippen LogP contribution in [0.1, 0.15) is 35.7 Å². The van der Waals surface area contributed by atoms with Crippen LogP contribution in [-0.2, 0) is 16.1 Å². The highest BCUT2D eigenvalue weighted by Gasteiger charge is 2.40. The monoisotopic (exact) mass is 553 g/mol. The lowest BCUT2D eigenvalue weighted by Crippen LogP contribution is -2.52. The fraction of sp³-hybridized carbons (Fsp3) is 0.423. The van der Waals surface area contributed by atoms with E-state index in [9.17, 15) is 27.6 Å². The summed E-state index contributed by atoms with van der Waals surface area (Å²) in [4.78, 5) is 44.2. The van der Waals surface area contributed by atoms with Crippen LogP contribution in [0.15, 0.2) is 42.5 Å². The van der Waals surface area contributed by atoms with Crippen molar-refractivity contribution >= 4 is 35.2 Å².